The number of nitrogens with one attached hydrogen (secondary N) is 1. The van der Waals surface area contributed by atoms with E-state index in [2.05, 4.69) is 21.2 Å². The van der Waals surface area contributed by atoms with Crippen LogP contribution in [0.15, 0.2) is 39.4 Å². The van der Waals surface area contributed by atoms with E-state index in [9.17, 15) is 17.6 Å². The van der Waals surface area contributed by atoms with Crippen molar-refractivity contribution >= 4 is 15.9 Å². The Balaban J connectivity index is 2.40. The van der Waals surface area contributed by atoms with E-state index in [0.29, 0.717) is 22.5 Å². The Morgan fingerprint density at radius 1 is 1.24 bits per heavy atom. The lowest BCUT2D eigenvalue weighted by molar-refractivity contribution is -0.140. The maximum atomic E-state index is 13.7. The fourth-order valence-electron chi connectivity index (χ4n) is 2.01. The van der Waals surface area contributed by atoms with Gasteiger partial charge in [0.25, 0.3) is 0 Å². The Hall–Kier alpha value is -1.34. The predicted molar refractivity (Wildman–Crippen MR) is 73.3 cm³/mol. The quantitative estimate of drug-likeness (QED) is 0.779. The molecule has 2 aromatic rings. The third kappa shape index (κ3) is 3.65. The van der Waals surface area contributed by atoms with Gasteiger partial charge in [0.15, 0.2) is 4.67 Å². The van der Waals surface area contributed by atoms with Gasteiger partial charge in [0, 0.05) is 0 Å². The van der Waals surface area contributed by atoms with E-state index in [4.69, 9.17) is 4.42 Å². The van der Waals surface area contributed by atoms with Gasteiger partial charge in [-0.3, -0.25) is 0 Å². The van der Waals surface area contributed by atoms with E-state index in [-0.39, 0.29) is 0 Å². The van der Waals surface area contributed by atoms with Crippen molar-refractivity contribution in [2.45, 2.75) is 19.1 Å². The van der Waals surface area contributed by atoms with Gasteiger partial charge < -0.3 is 9.73 Å². The minimum atomic E-state index is -4.70. The molecule has 1 atom stereocenters. The SMILES string of the molecule is CCNC(c1ccc(C(F)(F)F)c(F)c1)c1ccc(Br)o1. The summed E-state index contributed by atoms with van der Waals surface area (Å²) in [5.74, 6) is -0.809. The van der Waals surface area contributed by atoms with Crippen molar-refractivity contribution in [1.29, 1.82) is 0 Å². The molecule has 2 rings (SSSR count). The summed E-state index contributed by atoms with van der Waals surface area (Å²) >= 11 is 3.16. The van der Waals surface area contributed by atoms with Crippen molar-refractivity contribution in [2.75, 3.05) is 6.54 Å². The highest BCUT2D eigenvalue weighted by atomic mass is 79.9. The second-order valence-electron chi connectivity index (χ2n) is 4.37. The third-order valence-corrected chi connectivity index (χ3v) is 3.34. The second kappa shape index (κ2) is 6.19. The normalized spacial score (nSPS) is 13.4. The van der Waals surface area contributed by atoms with Crippen LogP contribution in [0.25, 0.3) is 0 Å². The summed E-state index contributed by atoms with van der Waals surface area (Å²) in [6.07, 6.45) is -4.70. The van der Waals surface area contributed by atoms with Crippen LogP contribution in [0.3, 0.4) is 0 Å². The minimum absolute atomic E-state index is 0.365. The van der Waals surface area contributed by atoms with E-state index in [0.717, 1.165) is 12.1 Å². The maximum absolute atomic E-state index is 13.7. The Bertz CT molecular complexity index is 624. The number of furan rings is 1. The van der Waals surface area contributed by atoms with Gasteiger partial charge in [-0.15, -0.1) is 0 Å². The summed E-state index contributed by atoms with van der Waals surface area (Å²) in [7, 11) is 0. The van der Waals surface area contributed by atoms with Crippen LogP contribution in [-0.2, 0) is 6.18 Å². The highest BCUT2D eigenvalue weighted by Crippen LogP contribution is 2.34. The van der Waals surface area contributed by atoms with Gasteiger partial charge in [-0.05, 0) is 52.3 Å². The molecule has 2 nitrogen and oxygen atoms in total. The van der Waals surface area contributed by atoms with E-state index < -0.39 is 23.6 Å². The van der Waals surface area contributed by atoms with Gasteiger partial charge in [-0.1, -0.05) is 13.0 Å². The molecule has 1 aromatic carbocycles. The first kappa shape index (κ1) is 16.0. The predicted octanol–water partition coefficient (Wildman–Crippen LogP) is 4.90. The lowest BCUT2D eigenvalue weighted by Crippen LogP contribution is -2.22. The van der Waals surface area contributed by atoms with Gasteiger partial charge in [0.2, 0.25) is 0 Å². The molecule has 0 aliphatic heterocycles. The van der Waals surface area contributed by atoms with Crippen LogP contribution in [0.1, 0.15) is 29.9 Å². The Morgan fingerprint density at radius 2 is 1.95 bits per heavy atom. The molecule has 0 bridgehead atoms. The van der Waals surface area contributed by atoms with E-state index in [1.807, 2.05) is 6.92 Å². The first-order valence-corrected chi connectivity index (χ1v) is 6.97. The van der Waals surface area contributed by atoms with Crippen molar-refractivity contribution in [3.05, 3.63) is 57.7 Å². The zero-order chi connectivity index (χ0) is 15.6. The van der Waals surface area contributed by atoms with Gasteiger partial charge in [-0.2, -0.15) is 13.2 Å². The molecule has 1 aromatic heterocycles. The molecule has 21 heavy (non-hydrogen) atoms. The number of benzene rings is 1. The van der Waals surface area contributed by atoms with Gasteiger partial charge in [-0.25, -0.2) is 4.39 Å². The van der Waals surface area contributed by atoms with Crippen LogP contribution in [0, 0.1) is 5.82 Å². The molecular formula is C14H12BrF4NO. The molecule has 0 saturated carbocycles. The monoisotopic (exact) mass is 365 g/mol. The standard InChI is InChI=1S/C14H12BrF4NO/c1-2-20-13(11-5-6-12(15)21-11)8-3-4-9(10(16)7-8)14(17,18)19/h3-7,13,20H,2H2,1H3. The summed E-state index contributed by atoms with van der Waals surface area (Å²) in [5.41, 5.74) is -0.911. The Morgan fingerprint density at radius 3 is 2.43 bits per heavy atom. The van der Waals surface area contributed by atoms with Crippen molar-refractivity contribution in [1.82, 2.24) is 5.32 Å². The molecule has 1 unspecified atom stereocenters. The molecule has 0 aliphatic carbocycles. The first-order valence-electron chi connectivity index (χ1n) is 6.18. The summed E-state index contributed by atoms with van der Waals surface area (Å²) in [5, 5.41) is 3.05. The number of hydrogen-bond donors (Lipinski definition) is 1. The molecule has 0 fully saturated rings. The lowest BCUT2D eigenvalue weighted by Gasteiger charge is -2.17. The molecule has 1 N–H and O–H groups in total. The molecule has 1 heterocycles. The molecule has 0 spiro atoms. The maximum Gasteiger partial charge on any atom is 0.419 e. The van der Waals surface area contributed by atoms with Crippen molar-refractivity contribution in [3.63, 3.8) is 0 Å². The second-order valence-corrected chi connectivity index (χ2v) is 5.15. The fourth-order valence-corrected chi connectivity index (χ4v) is 2.33. The largest absolute Gasteiger partial charge is 0.452 e. The van der Waals surface area contributed by atoms with Crippen molar-refractivity contribution < 1.29 is 22.0 Å². The van der Waals surface area contributed by atoms with Crippen LogP contribution >= 0.6 is 15.9 Å². The van der Waals surface area contributed by atoms with Crippen LogP contribution in [0.2, 0.25) is 0 Å². The topological polar surface area (TPSA) is 25.2 Å². The van der Waals surface area contributed by atoms with Crippen LogP contribution in [-0.4, -0.2) is 6.54 Å². The minimum Gasteiger partial charge on any atom is -0.452 e. The first-order chi connectivity index (χ1) is 9.82. The summed E-state index contributed by atoms with van der Waals surface area (Å²) in [6, 6.07) is 5.69. The summed E-state index contributed by atoms with van der Waals surface area (Å²) in [6.45, 7) is 2.39. The smallest absolute Gasteiger partial charge is 0.419 e. The number of rotatable bonds is 4. The van der Waals surface area contributed by atoms with E-state index >= 15 is 0 Å². The highest BCUT2D eigenvalue weighted by molar-refractivity contribution is 9.10. The van der Waals surface area contributed by atoms with E-state index in [1.54, 1.807) is 12.1 Å². The molecule has 114 valence electrons. The molecule has 0 amide bonds. The van der Waals surface area contributed by atoms with Crippen LogP contribution in [0.5, 0.6) is 0 Å². The number of alkyl halides is 3. The number of hydrogen-bond acceptors (Lipinski definition) is 2. The van der Waals surface area contributed by atoms with Crippen LogP contribution < -0.4 is 5.32 Å². The fraction of sp³-hybridized carbons (Fsp3) is 0.286. The molecular weight excluding hydrogens is 354 g/mol. The highest BCUT2D eigenvalue weighted by Gasteiger charge is 2.34. The Kier molecular flexibility index (Phi) is 4.73. The molecule has 0 radical (unpaired) electrons. The summed E-state index contributed by atoms with van der Waals surface area (Å²) < 4.78 is 57.3. The lowest BCUT2D eigenvalue weighted by atomic mass is 10.0. The van der Waals surface area contributed by atoms with Crippen LogP contribution in [0.4, 0.5) is 17.6 Å². The zero-order valence-electron chi connectivity index (χ0n) is 11.0. The molecule has 0 aliphatic rings. The summed E-state index contributed by atoms with van der Waals surface area (Å²) in [4.78, 5) is 0. The zero-order valence-corrected chi connectivity index (χ0v) is 12.6. The van der Waals surface area contributed by atoms with Crippen molar-refractivity contribution in [3.8, 4) is 0 Å². The van der Waals surface area contributed by atoms with Gasteiger partial charge in [0.05, 0.1) is 11.6 Å². The number of halogens is 5. The molecule has 0 saturated heterocycles. The Labute approximate surface area is 127 Å². The third-order valence-electron chi connectivity index (χ3n) is 2.92. The van der Waals surface area contributed by atoms with Crippen molar-refractivity contribution in [2.24, 2.45) is 0 Å². The van der Waals surface area contributed by atoms with Gasteiger partial charge in [0.1, 0.15) is 11.6 Å². The van der Waals surface area contributed by atoms with Gasteiger partial charge >= 0.3 is 6.18 Å². The molecule has 7 heteroatoms. The van der Waals surface area contributed by atoms with E-state index in [1.165, 1.54) is 6.07 Å². The average Bonchev–Trinajstić information content (AvgIpc) is 2.80. The average molecular weight is 366 g/mol.